The first-order valence-corrected chi connectivity index (χ1v) is 7.47. The molecule has 0 aliphatic rings. The number of halogens is 1. The van der Waals surface area contributed by atoms with Gasteiger partial charge >= 0.3 is 0 Å². The van der Waals surface area contributed by atoms with Crippen LogP contribution in [0.25, 0.3) is 0 Å². The number of nitrogens with zero attached hydrogens (tertiary/aromatic N) is 1. The summed E-state index contributed by atoms with van der Waals surface area (Å²) in [5, 5.41) is 9.89. The van der Waals surface area contributed by atoms with Gasteiger partial charge in [0.05, 0.1) is 23.2 Å². The van der Waals surface area contributed by atoms with Crippen molar-refractivity contribution < 1.29 is 9.84 Å². The molecule has 1 aromatic rings. The van der Waals surface area contributed by atoms with E-state index < -0.39 is 6.10 Å². The molecule has 1 heterocycles. The van der Waals surface area contributed by atoms with Crippen molar-refractivity contribution in [3.63, 3.8) is 0 Å². The number of thiophene rings is 1. The van der Waals surface area contributed by atoms with Crippen molar-refractivity contribution in [2.24, 2.45) is 0 Å². The first kappa shape index (κ1) is 15.9. The van der Waals surface area contributed by atoms with Gasteiger partial charge in [0.15, 0.2) is 0 Å². The lowest BCUT2D eigenvalue weighted by Crippen LogP contribution is -2.34. The highest BCUT2D eigenvalue weighted by Gasteiger charge is 2.12. The van der Waals surface area contributed by atoms with Gasteiger partial charge in [-0.05, 0) is 32.5 Å². The molecule has 1 atom stereocenters. The van der Waals surface area contributed by atoms with Crippen LogP contribution in [0.1, 0.15) is 25.6 Å². The van der Waals surface area contributed by atoms with Gasteiger partial charge in [-0.1, -0.05) is 18.5 Å². The summed E-state index contributed by atoms with van der Waals surface area (Å²) < 4.78 is 6.22. The molecular weight excluding hydrogens is 270 g/mol. The van der Waals surface area contributed by atoms with Crippen LogP contribution in [0, 0.1) is 0 Å². The molecule has 0 aliphatic heterocycles. The zero-order chi connectivity index (χ0) is 13.5. The van der Waals surface area contributed by atoms with Gasteiger partial charge in [0.2, 0.25) is 0 Å². The van der Waals surface area contributed by atoms with Gasteiger partial charge in [-0.3, -0.25) is 4.90 Å². The molecule has 5 heteroatoms. The van der Waals surface area contributed by atoms with Crippen molar-refractivity contribution in [2.45, 2.75) is 39.5 Å². The highest BCUT2D eigenvalue weighted by molar-refractivity contribution is 7.16. The largest absolute Gasteiger partial charge is 0.389 e. The third-order valence-corrected chi connectivity index (χ3v) is 3.76. The van der Waals surface area contributed by atoms with E-state index in [-0.39, 0.29) is 6.10 Å². The number of likely N-dealkylation sites (N-methyl/N-ethyl adjacent to an activating group) is 1. The topological polar surface area (TPSA) is 32.7 Å². The molecule has 0 saturated carbocycles. The van der Waals surface area contributed by atoms with Crippen molar-refractivity contribution in [1.29, 1.82) is 0 Å². The summed E-state index contributed by atoms with van der Waals surface area (Å²) in [6.45, 7) is 8.76. The molecule has 1 N–H and O–H groups in total. The Morgan fingerprint density at radius 1 is 1.44 bits per heavy atom. The molecule has 0 spiro atoms. The third kappa shape index (κ3) is 6.16. The van der Waals surface area contributed by atoms with Crippen LogP contribution in [0.3, 0.4) is 0 Å². The van der Waals surface area contributed by atoms with Crippen LogP contribution in [0.15, 0.2) is 12.1 Å². The molecule has 1 rings (SSSR count). The predicted octanol–water partition coefficient (Wildman–Crippen LogP) is 3.01. The van der Waals surface area contributed by atoms with Crippen molar-refractivity contribution in [1.82, 2.24) is 4.90 Å². The molecule has 0 aliphatic carbocycles. The highest BCUT2D eigenvalue weighted by atomic mass is 35.5. The Morgan fingerprint density at radius 2 is 2.17 bits per heavy atom. The molecule has 0 saturated heterocycles. The quantitative estimate of drug-likeness (QED) is 0.799. The van der Waals surface area contributed by atoms with Gasteiger partial charge in [0, 0.05) is 18.0 Å². The molecule has 0 amide bonds. The molecule has 3 nitrogen and oxygen atoms in total. The van der Waals surface area contributed by atoms with Crippen LogP contribution < -0.4 is 0 Å². The first-order chi connectivity index (χ1) is 8.51. The normalized spacial score (nSPS) is 13.5. The van der Waals surface area contributed by atoms with Crippen LogP contribution in [0.4, 0.5) is 0 Å². The fourth-order valence-corrected chi connectivity index (χ4v) is 2.75. The molecule has 0 fully saturated rings. The fourth-order valence-electron chi connectivity index (χ4n) is 1.62. The predicted molar refractivity (Wildman–Crippen MR) is 77.4 cm³/mol. The van der Waals surface area contributed by atoms with E-state index in [0.717, 1.165) is 17.4 Å². The number of ether oxygens (including phenoxy) is 1. The Morgan fingerprint density at radius 3 is 2.67 bits per heavy atom. The van der Waals surface area contributed by atoms with Crippen molar-refractivity contribution in [3.8, 4) is 0 Å². The van der Waals surface area contributed by atoms with Crippen molar-refractivity contribution >= 4 is 22.9 Å². The van der Waals surface area contributed by atoms with Gasteiger partial charge in [-0.15, -0.1) is 11.3 Å². The van der Waals surface area contributed by atoms with Crippen LogP contribution in [0.2, 0.25) is 4.34 Å². The SMILES string of the molecule is CCN(Cc1ccc(Cl)s1)CC(O)COC(C)C. The minimum absolute atomic E-state index is 0.158. The zero-order valence-electron chi connectivity index (χ0n) is 11.2. The Balaban J connectivity index is 2.37. The molecule has 0 radical (unpaired) electrons. The minimum atomic E-state index is -0.442. The smallest absolute Gasteiger partial charge is 0.0931 e. The van der Waals surface area contributed by atoms with E-state index >= 15 is 0 Å². The maximum Gasteiger partial charge on any atom is 0.0931 e. The van der Waals surface area contributed by atoms with E-state index in [9.17, 15) is 5.11 Å². The molecule has 0 bridgehead atoms. The van der Waals surface area contributed by atoms with E-state index in [1.165, 1.54) is 4.88 Å². The van der Waals surface area contributed by atoms with Crippen LogP contribution in [-0.2, 0) is 11.3 Å². The number of aliphatic hydroxyl groups excluding tert-OH is 1. The summed E-state index contributed by atoms with van der Waals surface area (Å²) in [6.07, 6.45) is -0.284. The standard InChI is InChI=1S/C13H22ClNO2S/c1-4-15(7-11(16)9-17-10(2)3)8-12-5-6-13(14)18-12/h5-6,10-11,16H,4,7-9H2,1-3H3. The summed E-state index contributed by atoms with van der Waals surface area (Å²) in [5.74, 6) is 0. The number of hydrogen-bond acceptors (Lipinski definition) is 4. The van der Waals surface area contributed by atoms with E-state index in [1.807, 2.05) is 26.0 Å². The molecule has 1 unspecified atom stereocenters. The van der Waals surface area contributed by atoms with Gasteiger partial charge in [-0.25, -0.2) is 0 Å². The Kier molecular flexibility index (Phi) is 7.19. The second-order valence-corrected chi connectivity index (χ2v) is 6.37. The minimum Gasteiger partial charge on any atom is -0.389 e. The second kappa shape index (κ2) is 8.12. The summed E-state index contributed by atoms with van der Waals surface area (Å²) >= 11 is 7.50. The first-order valence-electron chi connectivity index (χ1n) is 6.27. The molecular formula is C13H22ClNO2S. The van der Waals surface area contributed by atoms with Gasteiger partial charge in [0.1, 0.15) is 0 Å². The lowest BCUT2D eigenvalue weighted by Gasteiger charge is -2.23. The van der Waals surface area contributed by atoms with E-state index in [4.69, 9.17) is 16.3 Å². The summed E-state index contributed by atoms with van der Waals surface area (Å²) in [7, 11) is 0. The average Bonchev–Trinajstić information content (AvgIpc) is 2.71. The van der Waals surface area contributed by atoms with Crippen LogP contribution in [-0.4, -0.2) is 41.9 Å². The van der Waals surface area contributed by atoms with Crippen LogP contribution in [0.5, 0.6) is 0 Å². The highest BCUT2D eigenvalue weighted by Crippen LogP contribution is 2.22. The average molecular weight is 292 g/mol. The summed E-state index contributed by atoms with van der Waals surface area (Å²) in [5.41, 5.74) is 0. The lowest BCUT2D eigenvalue weighted by molar-refractivity contribution is -0.00875. The summed E-state index contributed by atoms with van der Waals surface area (Å²) in [4.78, 5) is 3.41. The van der Waals surface area contributed by atoms with Gasteiger partial charge < -0.3 is 9.84 Å². The lowest BCUT2D eigenvalue weighted by atomic mass is 10.3. The zero-order valence-corrected chi connectivity index (χ0v) is 12.8. The monoisotopic (exact) mass is 291 g/mol. The number of hydrogen-bond donors (Lipinski definition) is 1. The second-order valence-electron chi connectivity index (χ2n) is 4.57. The van der Waals surface area contributed by atoms with Crippen molar-refractivity contribution in [2.75, 3.05) is 19.7 Å². The van der Waals surface area contributed by atoms with Gasteiger partial charge in [0.25, 0.3) is 0 Å². The van der Waals surface area contributed by atoms with E-state index in [1.54, 1.807) is 11.3 Å². The maximum absolute atomic E-state index is 9.89. The van der Waals surface area contributed by atoms with Gasteiger partial charge in [-0.2, -0.15) is 0 Å². The molecule has 1 aromatic heterocycles. The maximum atomic E-state index is 9.89. The van der Waals surface area contributed by atoms with E-state index in [2.05, 4.69) is 11.8 Å². The summed E-state index contributed by atoms with van der Waals surface area (Å²) in [6, 6.07) is 3.94. The fraction of sp³-hybridized carbons (Fsp3) is 0.692. The Bertz CT molecular complexity index is 343. The molecule has 104 valence electrons. The van der Waals surface area contributed by atoms with E-state index in [0.29, 0.717) is 13.2 Å². The van der Waals surface area contributed by atoms with Crippen molar-refractivity contribution in [3.05, 3.63) is 21.3 Å². The molecule has 18 heavy (non-hydrogen) atoms. The number of rotatable bonds is 8. The van der Waals surface area contributed by atoms with Crippen LogP contribution >= 0.6 is 22.9 Å². The Labute approximate surface area is 118 Å². The number of aliphatic hydroxyl groups is 1. The third-order valence-electron chi connectivity index (χ3n) is 2.55. The molecule has 0 aromatic carbocycles. The Hall–Kier alpha value is -0.130.